The van der Waals surface area contributed by atoms with E-state index < -0.39 is 0 Å². The summed E-state index contributed by atoms with van der Waals surface area (Å²) < 4.78 is 5.45. The predicted octanol–water partition coefficient (Wildman–Crippen LogP) is 3.41. The van der Waals surface area contributed by atoms with Crippen LogP contribution < -0.4 is 5.32 Å². The summed E-state index contributed by atoms with van der Waals surface area (Å²) in [6, 6.07) is 4.85. The van der Waals surface area contributed by atoms with E-state index in [2.05, 4.69) is 23.2 Å². The maximum absolute atomic E-state index is 5.45. The van der Waals surface area contributed by atoms with E-state index in [0.29, 0.717) is 0 Å². The number of rotatable bonds is 11. The smallest absolute Gasteiger partial charge is 0.117 e. The van der Waals surface area contributed by atoms with Gasteiger partial charge in [0, 0.05) is 19.1 Å². The second kappa shape index (κ2) is 8.39. The van der Waals surface area contributed by atoms with Crippen LogP contribution in [0.15, 0.2) is 22.8 Å². The standard InChI is InChI=1S/C16H28N2O/c1-2-3-4-5-10-17-11-12-18(15-8-9-15)14-16-7-6-13-19-16/h6-7,13,15,17H,2-5,8-12,14H2,1H3. The topological polar surface area (TPSA) is 28.4 Å². The molecular formula is C16H28N2O. The summed E-state index contributed by atoms with van der Waals surface area (Å²) in [4.78, 5) is 2.55. The van der Waals surface area contributed by atoms with E-state index in [4.69, 9.17) is 4.42 Å². The first-order chi connectivity index (χ1) is 9.40. The number of nitrogens with zero attached hydrogens (tertiary/aromatic N) is 1. The molecule has 1 aliphatic rings. The van der Waals surface area contributed by atoms with Crippen molar-refractivity contribution >= 4 is 0 Å². The summed E-state index contributed by atoms with van der Waals surface area (Å²) in [6.07, 6.45) is 9.85. The molecule has 1 aromatic heterocycles. The summed E-state index contributed by atoms with van der Waals surface area (Å²) in [7, 11) is 0. The Kier molecular flexibility index (Phi) is 6.45. The van der Waals surface area contributed by atoms with Gasteiger partial charge in [-0.05, 0) is 37.9 Å². The van der Waals surface area contributed by atoms with Gasteiger partial charge < -0.3 is 9.73 Å². The molecule has 3 heteroatoms. The zero-order chi connectivity index (χ0) is 13.3. The largest absolute Gasteiger partial charge is 0.468 e. The Balaban J connectivity index is 1.56. The van der Waals surface area contributed by atoms with Crippen molar-refractivity contribution in [3.63, 3.8) is 0 Å². The van der Waals surface area contributed by atoms with Crippen LogP contribution in [-0.2, 0) is 6.54 Å². The molecule has 1 heterocycles. The molecule has 3 nitrogen and oxygen atoms in total. The summed E-state index contributed by atoms with van der Waals surface area (Å²) in [5.41, 5.74) is 0. The third-order valence-corrected chi connectivity index (χ3v) is 3.79. The maximum Gasteiger partial charge on any atom is 0.117 e. The van der Waals surface area contributed by atoms with Crippen LogP contribution in [0.5, 0.6) is 0 Å². The molecule has 0 atom stereocenters. The molecule has 19 heavy (non-hydrogen) atoms. The lowest BCUT2D eigenvalue weighted by molar-refractivity contribution is 0.234. The van der Waals surface area contributed by atoms with E-state index in [1.54, 1.807) is 6.26 Å². The Morgan fingerprint density at radius 1 is 1.26 bits per heavy atom. The molecule has 1 aromatic rings. The van der Waals surface area contributed by atoms with Crippen LogP contribution in [-0.4, -0.2) is 30.6 Å². The molecule has 1 aliphatic carbocycles. The van der Waals surface area contributed by atoms with Gasteiger partial charge in [0.1, 0.15) is 5.76 Å². The summed E-state index contributed by atoms with van der Waals surface area (Å²) in [5, 5.41) is 3.56. The zero-order valence-corrected chi connectivity index (χ0v) is 12.2. The molecule has 1 fully saturated rings. The fourth-order valence-electron chi connectivity index (χ4n) is 2.46. The summed E-state index contributed by atoms with van der Waals surface area (Å²) >= 11 is 0. The molecule has 0 aliphatic heterocycles. The fraction of sp³-hybridized carbons (Fsp3) is 0.750. The van der Waals surface area contributed by atoms with Crippen molar-refractivity contribution in [1.29, 1.82) is 0 Å². The van der Waals surface area contributed by atoms with E-state index in [1.165, 1.54) is 45.1 Å². The minimum absolute atomic E-state index is 0.798. The molecule has 1 N–H and O–H groups in total. The first kappa shape index (κ1) is 14.6. The van der Waals surface area contributed by atoms with E-state index in [9.17, 15) is 0 Å². The second-order valence-corrected chi connectivity index (χ2v) is 5.59. The van der Waals surface area contributed by atoms with Crippen LogP contribution in [0.25, 0.3) is 0 Å². The van der Waals surface area contributed by atoms with E-state index in [0.717, 1.165) is 31.4 Å². The molecule has 2 rings (SSSR count). The highest BCUT2D eigenvalue weighted by atomic mass is 16.3. The van der Waals surface area contributed by atoms with Crippen molar-refractivity contribution in [2.45, 2.75) is 58.0 Å². The zero-order valence-electron chi connectivity index (χ0n) is 12.2. The lowest BCUT2D eigenvalue weighted by atomic mass is 10.2. The molecule has 0 unspecified atom stereocenters. The van der Waals surface area contributed by atoms with Crippen LogP contribution in [0, 0.1) is 0 Å². The van der Waals surface area contributed by atoms with Crippen LogP contribution in [0.3, 0.4) is 0 Å². The van der Waals surface area contributed by atoms with Crippen LogP contribution >= 0.6 is 0 Å². The monoisotopic (exact) mass is 264 g/mol. The second-order valence-electron chi connectivity index (χ2n) is 5.59. The number of unbranched alkanes of at least 4 members (excludes halogenated alkanes) is 3. The van der Waals surface area contributed by atoms with Crippen molar-refractivity contribution in [3.8, 4) is 0 Å². The van der Waals surface area contributed by atoms with Crippen LogP contribution in [0.2, 0.25) is 0 Å². The minimum atomic E-state index is 0.798. The highest BCUT2D eigenvalue weighted by molar-refractivity contribution is 4.99. The Labute approximate surface area is 117 Å². The molecule has 0 bridgehead atoms. The summed E-state index contributed by atoms with van der Waals surface area (Å²) in [6.45, 7) is 6.63. The molecule has 0 aromatic carbocycles. The maximum atomic E-state index is 5.45. The number of furan rings is 1. The van der Waals surface area contributed by atoms with Gasteiger partial charge in [-0.3, -0.25) is 4.90 Å². The molecule has 0 radical (unpaired) electrons. The lowest BCUT2D eigenvalue weighted by Gasteiger charge is -2.20. The molecule has 0 spiro atoms. The van der Waals surface area contributed by atoms with Crippen molar-refractivity contribution in [3.05, 3.63) is 24.2 Å². The van der Waals surface area contributed by atoms with Gasteiger partial charge in [0.15, 0.2) is 0 Å². The van der Waals surface area contributed by atoms with Gasteiger partial charge in [-0.2, -0.15) is 0 Å². The van der Waals surface area contributed by atoms with Gasteiger partial charge in [-0.25, -0.2) is 0 Å². The van der Waals surface area contributed by atoms with Gasteiger partial charge >= 0.3 is 0 Å². The molecule has 0 amide bonds. The van der Waals surface area contributed by atoms with Gasteiger partial charge in [-0.1, -0.05) is 26.2 Å². The van der Waals surface area contributed by atoms with Crippen LogP contribution in [0.1, 0.15) is 51.2 Å². The molecule has 1 saturated carbocycles. The summed E-state index contributed by atoms with van der Waals surface area (Å²) in [5.74, 6) is 1.09. The quantitative estimate of drug-likeness (QED) is 0.621. The normalized spacial score (nSPS) is 15.3. The number of hydrogen-bond acceptors (Lipinski definition) is 3. The van der Waals surface area contributed by atoms with E-state index in [-0.39, 0.29) is 0 Å². The minimum Gasteiger partial charge on any atom is -0.468 e. The Bertz CT molecular complexity index is 319. The van der Waals surface area contributed by atoms with Gasteiger partial charge in [0.05, 0.1) is 12.8 Å². The van der Waals surface area contributed by atoms with Gasteiger partial charge in [-0.15, -0.1) is 0 Å². The first-order valence-corrected chi connectivity index (χ1v) is 7.87. The van der Waals surface area contributed by atoms with E-state index in [1.807, 2.05) is 6.07 Å². The van der Waals surface area contributed by atoms with Crippen molar-refractivity contribution < 1.29 is 4.42 Å². The Morgan fingerprint density at radius 2 is 2.16 bits per heavy atom. The van der Waals surface area contributed by atoms with Crippen molar-refractivity contribution in [2.75, 3.05) is 19.6 Å². The average Bonchev–Trinajstić information content (AvgIpc) is 3.14. The lowest BCUT2D eigenvalue weighted by Crippen LogP contribution is -2.33. The number of nitrogens with one attached hydrogen (secondary N) is 1. The Morgan fingerprint density at radius 3 is 2.84 bits per heavy atom. The highest BCUT2D eigenvalue weighted by Gasteiger charge is 2.28. The number of hydrogen-bond donors (Lipinski definition) is 1. The van der Waals surface area contributed by atoms with Gasteiger partial charge in [0.25, 0.3) is 0 Å². The van der Waals surface area contributed by atoms with Crippen molar-refractivity contribution in [1.82, 2.24) is 10.2 Å². The highest BCUT2D eigenvalue weighted by Crippen LogP contribution is 2.27. The van der Waals surface area contributed by atoms with Crippen LogP contribution in [0.4, 0.5) is 0 Å². The van der Waals surface area contributed by atoms with Crippen molar-refractivity contribution in [2.24, 2.45) is 0 Å². The Hall–Kier alpha value is -0.800. The molecule has 0 saturated heterocycles. The predicted molar refractivity (Wildman–Crippen MR) is 79.2 cm³/mol. The SMILES string of the molecule is CCCCCCNCCN(Cc1ccco1)C1CC1. The molecular weight excluding hydrogens is 236 g/mol. The third-order valence-electron chi connectivity index (χ3n) is 3.79. The molecule has 108 valence electrons. The third kappa shape index (κ3) is 5.79. The van der Waals surface area contributed by atoms with Gasteiger partial charge in [0.2, 0.25) is 0 Å². The van der Waals surface area contributed by atoms with E-state index >= 15 is 0 Å². The first-order valence-electron chi connectivity index (χ1n) is 7.87. The fourth-order valence-corrected chi connectivity index (χ4v) is 2.46. The average molecular weight is 264 g/mol.